The summed E-state index contributed by atoms with van der Waals surface area (Å²) in [5.74, 6) is 1.97. The largest absolute Gasteiger partial charge is 0.328 e. The quantitative estimate of drug-likeness (QED) is 0.621. The molecule has 1 aromatic rings. The zero-order valence-corrected chi connectivity index (χ0v) is 21.3. The van der Waals surface area contributed by atoms with Crippen LogP contribution in [0.3, 0.4) is 0 Å². The van der Waals surface area contributed by atoms with Gasteiger partial charge in [-0.25, -0.2) is 8.42 Å². The summed E-state index contributed by atoms with van der Waals surface area (Å²) >= 11 is 0. The van der Waals surface area contributed by atoms with Gasteiger partial charge in [-0.3, -0.25) is 0 Å². The van der Waals surface area contributed by atoms with E-state index in [-0.39, 0.29) is 6.04 Å². The number of nitrogens with two attached hydrogens (primary N) is 1. The van der Waals surface area contributed by atoms with Crippen LogP contribution < -0.4 is 5.73 Å². The molecule has 0 radical (unpaired) electrons. The van der Waals surface area contributed by atoms with Crippen molar-refractivity contribution in [2.75, 3.05) is 13.1 Å². The summed E-state index contributed by atoms with van der Waals surface area (Å²) in [5.41, 5.74) is 7.15. The van der Waals surface area contributed by atoms with Gasteiger partial charge < -0.3 is 10.5 Å². The second-order valence-electron chi connectivity index (χ2n) is 12.3. The molecule has 2 spiro atoms. The first-order valence-corrected chi connectivity index (χ1v) is 15.2. The molecule has 1 aromatic carbocycles. The first-order chi connectivity index (χ1) is 16.9. The molecule has 4 bridgehead atoms. The molecule has 8 heteroatoms. The maximum absolute atomic E-state index is 13.0. The summed E-state index contributed by atoms with van der Waals surface area (Å²) in [6.07, 6.45) is 11.3. The fourth-order valence-corrected chi connectivity index (χ4v) is 9.83. The second-order valence-corrected chi connectivity index (χ2v) is 14.2. The summed E-state index contributed by atoms with van der Waals surface area (Å²) in [5, 5.41) is 0. The third-order valence-corrected chi connectivity index (χ3v) is 12.1. The molecule has 7 nitrogen and oxygen atoms in total. The van der Waals surface area contributed by atoms with E-state index >= 15 is 0 Å². The Morgan fingerprint density at radius 2 is 1.43 bits per heavy atom. The predicted molar refractivity (Wildman–Crippen MR) is 129 cm³/mol. The van der Waals surface area contributed by atoms with Gasteiger partial charge in [0.1, 0.15) is 0 Å². The number of piperidine rings is 1. The molecule has 5 aliphatic carbocycles. The van der Waals surface area contributed by atoms with Crippen molar-refractivity contribution >= 4 is 10.0 Å². The van der Waals surface area contributed by atoms with E-state index in [9.17, 15) is 8.42 Å². The zero-order valence-electron chi connectivity index (χ0n) is 20.4. The normalized spacial score (nSPS) is 44.0. The molecule has 2 N–H and O–H groups in total. The Hall–Kier alpha value is -1.03. The van der Waals surface area contributed by atoms with Gasteiger partial charge in [-0.05, 0) is 93.2 Å². The van der Waals surface area contributed by atoms with Crippen LogP contribution in [0.5, 0.6) is 0 Å². The van der Waals surface area contributed by atoms with Crippen LogP contribution in [0.15, 0.2) is 29.2 Å². The van der Waals surface area contributed by atoms with Gasteiger partial charge in [-0.15, -0.1) is 0 Å². The van der Waals surface area contributed by atoms with Crippen LogP contribution in [0.2, 0.25) is 0 Å². The molecule has 8 rings (SSSR count). The van der Waals surface area contributed by atoms with E-state index in [1.165, 1.54) is 37.7 Å². The molecule has 2 saturated heterocycles. The Bertz CT molecular complexity index is 1030. The minimum Gasteiger partial charge on any atom is -0.328 e. The molecular formula is C27H38N2O5S. The first kappa shape index (κ1) is 23.1. The molecule has 192 valence electrons. The van der Waals surface area contributed by atoms with E-state index < -0.39 is 21.6 Å². The van der Waals surface area contributed by atoms with Crippen LogP contribution in [0.1, 0.15) is 82.1 Å². The van der Waals surface area contributed by atoms with Gasteiger partial charge in [0.2, 0.25) is 21.6 Å². The number of rotatable bonds is 3. The third-order valence-electron chi connectivity index (χ3n) is 10.2. The number of ether oxygens (including phenoxy) is 1. The van der Waals surface area contributed by atoms with Gasteiger partial charge in [0, 0.05) is 43.8 Å². The van der Waals surface area contributed by atoms with Crippen LogP contribution in [0.25, 0.3) is 0 Å². The average Bonchev–Trinajstić information content (AvgIpc) is 3.23. The monoisotopic (exact) mass is 502 g/mol. The highest BCUT2D eigenvalue weighted by molar-refractivity contribution is 7.89. The molecule has 2 heterocycles. The average molecular weight is 503 g/mol. The Kier molecular flexibility index (Phi) is 5.44. The van der Waals surface area contributed by atoms with Crippen molar-refractivity contribution in [1.82, 2.24) is 4.31 Å². The molecular weight excluding hydrogens is 464 g/mol. The van der Waals surface area contributed by atoms with Crippen LogP contribution in [0.4, 0.5) is 0 Å². The summed E-state index contributed by atoms with van der Waals surface area (Å²) in [6.45, 7) is 1.01. The van der Waals surface area contributed by atoms with Gasteiger partial charge >= 0.3 is 0 Å². The lowest BCUT2D eigenvalue weighted by Crippen LogP contribution is -2.59. The molecule has 5 saturated carbocycles. The van der Waals surface area contributed by atoms with Gasteiger partial charge in [-0.2, -0.15) is 14.1 Å². The summed E-state index contributed by atoms with van der Waals surface area (Å²) in [7, 11) is -3.45. The van der Waals surface area contributed by atoms with Crippen LogP contribution in [-0.4, -0.2) is 43.4 Å². The Balaban J connectivity index is 1.01. The maximum Gasteiger partial charge on any atom is 0.243 e. The van der Waals surface area contributed by atoms with E-state index in [0.717, 1.165) is 50.4 Å². The van der Waals surface area contributed by atoms with E-state index in [2.05, 4.69) is 0 Å². The number of benzene rings is 1. The van der Waals surface area contributed by atoms with E-state index in [0.29, 0.717) is 35.7 Å². The molecule has 0 aromatic heterocycles. The predicted octanol–water partition coefficient (Wildman–Crippen LogP) is 4.28. The summed E-state index contributed by atoms with van der Waals surface area (Å²) < 4.78 is 34.5. The smallest absolute Gasteiger partial charge is 0.243 e. The van der Waals surface area contributed by atoms with Crippen LogP contribution >= 0.6 is 0 Å². The number of hydrogen-bond donors (Lipinski definition) is 1. The van der Waals surface area contributed by atoms with Crippen molar-refractivity contribution in [3.05, 3.63) is 29.8 Å². The van der Waals surface area contributed by atoms with Crippen molar-refractivity contribution in [2.24, 2.45) is 29.4 Å². The van der Waals surface area contributed by atoms with Gasteiger partial charge in [0.05, 0.1) is 4.90 Å². The lowest BCUT2D eigenvalue weighted by molar-refractivity contribution is -0.390. The third kappa shape index (κ3) is 3.74. The Morgan fingerprint density at radius 1 is 0.829 bits per heavy atom. The van der Waals surface area contributed by atoms with Gasteiger partial charge in [-0.1, -0.05) is 12.1 Å². The highest BCUT2D eigenvalue weighted by Gasteiger charge is 2.66. The molecule has 2 aliphatic heterocycles. The molecule has 0 atom stereocenters. The number of sulfonamides is 1. The zero-order chi connectivity index (χ0) is 23.8. The minimum absolute atomic E-state index is 0.106. The summed E-state index contributed by atoms with van der Waals surface area (Å²) in [6, 6.07) is 7.65. The van der Waals surface area contributed by atoms with E-state index in [1.54, 1.807) is 16.4 Å². The molecule has 7 aliphatic rings. The fraction of sp³-hybridized carbons (Fsp3) is 0.778. The van der Waals surface area contributed by atoms with Gasteiger partial charge in [0.15, 0.2) is 0 Å². The van der Waals surface area contributed by atoms with E-state index in [1.807, 2.05) is 12.1 Å². The Labute approximate surface area is 208 Å². The number of nitrogens with zero attached hydrogens (tertiary/aromatic N) is 1. The lowest BCUT2D eigenvalue weighted by atomic mass is 9.53. The standard InChI is InChI=1S/C27H38N2O5S/c28-24-7-11-29(12-8-24)35(30,31)25-3-1-20(2-4-25)21-5-9-26(10-6-21)32-27(34-33-26)22-14-18-13-19(16-22)17-23(27)15-18/h1-4,18-19,21-24H,5-17,28H2. The van der Waals surface area contributed by atoms with Crippen molar-refractivity contribution < 1.29 is 22.9 Å². The van der Waals surface area contributed by atoms with E-state index in [4.69, 9.17) is 20.2 Å². The van der Waals surface area contributed by atoms with Crippen molar-refractivity contribution in [2.45, 2.75) is 99.1 Å². The molecule has 7 fully saturated rings. The SMILES string of the molecule is NC1CCN(S(=O)(=O)c2ccc(C3CCC4(CC3)OOC3(O4)C4CC5CC(C4)CC3C5)cc2)CC1. The fourth-order valence-electron chi connectivity index (χ4n) is 8.36. The molecule has 0 unspecified atom stereocenters. The summed E-state index contributed by atoms with van der Waals surface area (Å²) in [4.78, 5) is 12.6. The Morgan fingerprint density at radius 3 is 2.03 bits per heavy atom. The van der Waals surface area contributed by atoms with Crippen molar-refractivity contribution in [1.29, 1.82) is 0 Å². The number of hydrogen-bond acceptors (Lipinski definition) is 6. The van der Waals surface area contributed by atoms with Gasteiger partial charge in [0.25, 0.3) is 0 Å². The highest BCUT2D eigenvalue weighted by atomic mass is 32.2. The second kappa shape index (κ2) is 8.23. The van der Waals surface area contributed by atoms with Crippen molar-refractivity contribution in [3.63, 3.8) is 0 Å². The van der Waals surface area contributed by atoms with Crippen LogP contribution in [0, 0.1) is 23.7 Å². The molecule has 0 amide bonds. The minimum atomic E-state index is -3.45. The lowest BCUT2D eigenvalue weighted by Gasteiger charge is -2.57. The topological polar surface area (TPSA) is 91.1 Å². The highest BCUT2D eigenvalue weighted by Crippen LogP contribution is 2.64. The maximum atomic E-state index is 13.0. The van der Waals surface area contributed by atoms with Crippen molar-refractivity contribution in [3.8, 4) is 0 Å². The molecule has 35 heavy (non-hydrogen) atoms. The van der Waals surface area contributed by atoms with Crippen LogP contribution in [-0.2, 0) is 24.5 Å². The first-order valence-electron chi connectivity index (χ1n) is 13.8.